The van der Waals surface area contributed by atoms with Crippen LogP contribution in [0.5, 0.6) is 0 Å². The summed E-state index contributed by atoms with van der Waals surface area (Å²) in [6.07, 6.45) is 2.47. The number of halogens is 3. The average molecular weight is 565 g/mol. The minimum atomic E-state index is -1.31. The second kappa shape index (κ2) is 11.1. The summed E-state index contributed by atoms with van der Waals surface area (Å²) in [7, 11) is 1.64. The van der Waals surface area contributed by atoms with E-state index in [4.69, 9.17) is 23.2 Å². The van der Waals surface area contributed by atoms with Gasteiger partial charge in [-0.3, -0.25) is 9.59 Å². The van der Waals surface area contributed by atoms with Gasteiger partial charge in [0.25, 0.3) is 0 Å². The summed E-state index contributed by atoms with van der Waals surface area (Å²) in [5.41, 5.74) is -0.276. The maximum atomic E-state index is 15.9. The lowest BCUT2D eigenvalue weighted by atomic mass is 9.59. The van der Waals surface area contributed by atoms with E-state index in [0.717, 1.165) is 0 Å². The summed E-state index contributed by atoms with van der Waals surface area (Å²) in [6.45, 7) is 6.05. The van der Waals surface area contributed by atoms with Gasteiger partial charge in [0.15, 0.2) is 0 Å². The van der Waals surface area contributed by atoms with Gasteiger partial charge in [-0.05, 0) is 73.9 Å². The molecule has 2 aliphatic rings. The zero-order chi connectivity index (χ0) is 27.8. The van der Waals surface area contributed by atoms with Gasteiger partial charge in [0.2, 0.25) is 11.8 Å². The van der Waals surface area contributed by atoms with Crippen molar-refractivity contribution in [3.05, 3.63) is 63.4 Å². The van der Waals surface area contributed by atoms with Crippen LogP contribution in [0.2, 0.25) is 10.0 Å². The Balaban J connectivity index is 1.91. The summed E-state index contributed by atoms with van der Waals surface area (Å²) < 4.78 is 15.9. The van der Waals surface area contributed by atoms with E-state index in [-0.39, 0.29) is 40.0 Å². The first-order valence-electron chi connectivity index (χ1n) is 13.1. The average Bonchev–Trinajstić information content (AvgIpc) is 3.10. The number of benzene rings is 2. The Kier molecular flexibility index (Phi) is 8.43. The van der Waals surface area contributed by atoms with Crippen molar-refractivity contribution in [1.29, 1.82) is 0 Å². The van der Waals surface area contributed by atoms with Crippen molar-refractivity contribution in [3.8, 4) is 0 Å². The smallest absolute Gasteiger partial charge is 0.238 e. The monoisotopic (exact) mass is 563 g/mol. The predicted molar refractivity (Wildman–Crippen MR) is 149 cm³/mol. The lowest BCUT2D eigenvalue weighted by molar-refractivity contribution is -0.128. The number of nitrogens with one attached hydrogen (secondary N) is 3. The highest BCUT2D eigenvalue weighted by molar-refractivity contribution is 6.31. The van der Waals surface area contributed by atoms with E-state index in [2.05, 4.69) is 16.0 Å². The molecule has 0 aromatic heterocycles. The van der Waals surface area contributed by atoms with Crippen LogP contribution >= 0.6 is 23.2 Å². The Bertz CT molecular complexity index is 1210. The topological polar surface area (TPSA) is 90.5 Å². The molecule has 2 aromatic carbocycles. The fraction of sp³-hybridized carbons (Fsp3) is 0.517. The number of aliphatic hydroxyl groups is 1. The Hall–Kier alpha value is -2.19. The number of amides is 2. The van der Waals surface area contributed by atoms with Gasteiger partial charge in [0.1, 0.15) is 5.82 Å². The molecule has 38 heavy (non-hydrogen) atoms. The lowest BCUT2D eigenvalue weighted by Crippen LogP contribution is -2.57. The third-order valence-electron chi connectivity index (χ3n) is 7.74. The molecule has 4 N–H and O–H groups in total. The highest BCUT2D eigenvalue weighted by Crippen LogP contribution is 2.55. The molecule has 206 valence electrons. The molecule has 1 unspecified atom stereocenters. The van der Waals surface area contributed by atoms with Crippen LogP contribution in [0.1, 0.15) is 69.9 Å². The van der Waals surface area contributed by atoms with Crippen LogP contribution in [-0.4, -0.2) is 42.2 Å². The van der Waals surface area contributed by atoms with Crippen LogP contribution in [-0.2, 0) is 15.0 Å². The van der Waals surface area contributed by atoms with Gasteiger partial charge < -0.3 is 21.1 Å². The Morgan fingerprint density at radius 2 is 1.87 bits per heavy atom. The van der Waals surface area contributed by atoms with Crippen molar-refractivity contribution in [2.45, 2.75) is 82.4 Å². The van der Waals surface area contributed by atoms with E-state index < -0.39 is 23.2 Å². The van der Waals surface area contributed by atoms with Crippen molar-refractivity contribution in [1.82, 2.24) is 10.6 Å². The SMILES string of the molecule is CNC(C(=O)N[C@H]1CC[C@H](O)CC1)[C@H](c1cccc(Cl)c1F)[C@@]1(CC(C)(C)C)C(=O)Nc2cc(Cl)ccc21. The maximum absolute atomic E-state index is 15.9. The van der Waals surface area contributed by atoms with Gasteiger partial charge in [-0.1, -0.05) is 62.2 Å². The lowest BCUT2D eigenvalue weighted by Gasteiger charge is -2.44. The van der Waals surface area contributed by atoms with Crippen molar-refractivity contribution in [2.24, 2.45) is 5.41 Å². The van der Waals surface area contributed by atoms with Crippen LogP contribution < -0.4 is 16.0 Å². The van der Waals surface area contributed by atoms with E-state index >= 15 is 4.39 Å². The minimum absolute atomic E-state index is 0.0790. The molecule has 1 fully saturated rings. The van der Waals surface area contributed by atoms with Crippen molar-refractivity contribution >= 4 is 40.7 Å². The van der Waals surface area contributed by atoms with Crippen molar-refractivity contribution in [2.75, 3.05) is 12.4 Å². The summed E-state index contributed by atoms with van der Waals surface area (Å²) in [5, 5.41) is 19.5. The number of carbonyl (C=O) groups excluding carboxylic acids is 2. The Labute approximate surface area is 233 Å². The second-order valence-corrected chi connectivity index (χ2v) is 12.6. The van der Waals surface area contributed by atoms with Gasteiger partial charge in [-0.15, -0.1) is 0 Å². The molecule has 2 aromatic rings. The predicted octanol–water partition coefficient (Wildman–Crippen LogP) is 5.55. The first-order chi connectivity index (χ1) is 17.9. The number of hydrogen-bond donors (Lipinski definition) is 4. The zero-order valence-electron chi connectivity index (χ0n) is 22.2. The number of aliphatic hydroxyl groups excluding tert-OH is 1. The molecule has 4 rings (SSSR count). The van der Waals surface area contributed by atoms with Gasteiger partial charge in [-0.25, -0.2) is 4.39 Å². The summed E-state index contributed by atoms with van der Waals surface area (Å²) >= 11 is 12.5. The molecule has 0 bridgehead atoms. The normalized spacial score (nSPS) is 24.9. The fourth-order valence-corrected chi connectivity index (χ4v) is 6.60. The van der Waals surface area contributed by atoms with Crippen LogP contribution in [0, 0.1) is 11.2 Å². The number of rotatable bonds is 7. The van der Waals surface area contributed by atoms with Crippen LogP contribution in [0.4, 0.5) is 10.1 Å². The van der Waals surface area contributed by atoms with E-state index in [0.29, 0.717) is 48.4 Å². The van der Waals surface area contributed by atoms with E-state index in [1.807, 2.05) is 20.8 Å². The van der Waals surface area contributed by atoms with Crippen molar-refractivity contribution < 1.29 is 19.1 Å². The molecule has 1 saturated carbocycles. The van der Waals surface area contributed by atoms with Crippen LogP contribution in [0.3, 0.4) is 0 Å². The Morgan fingerprint density at radius 1 is 1.18 bits per heavy atom. The van der Waals surface area contributed by atoms with E-state index in [1.54, 1.807) is 37.4 Å². The maximum Gasteiger partial charge on any atom is 0.238 e. The second-order valence-electron chi connectivity index (χ2n) is 11.8. The van der Waals surface area contributed by atoms with Gasteiger partial charge in [0, 0.05) is 22.7 Å². The Morgan fingerprint density at radius 3 is 2.50 bits per heavy atom. The number of likely N-dealkylation sites (N-methyl/N-ethyl adjacent to an activating group) is 1. The summed E-state index contributed by atoms with van der Waals surface area (Å²) in [4.78, 5) is 28.1. The fourth-order valence-electron chi connectivity index (χ4n) is 6.25. The number of anilines is 1. The van der Waals surface area contributed by atoms with Gasteiger partial charge in [-0.2, -0.15) is 0 Å². The minimum Gasteiger partial charge on any atom is -0.393 e. The van der Waals surface area contributed by atoms with Crippen molar-refractivity contribution in [3.63, 3.8) is 0 Å². The molecule has 1 aliphatic carbocycles. The van der Waals surface area contributed by atoms with E-state index in [9.17, 15) is 14.7 Å². The number of fused-ring (bicyclic) bond motifs is 1. The molecular weight excluding hydrogens is 528 g/mol. The molecule has 0 radical (unpaired) electrons. The van der Waals surface area contributed by atoms with E-state index in [1.165, 1.54) is 6.07 Å². The highest BCUT2D eigenvalue weighted by atomic mass is 35.5. The first-order valence-corrected chi connectivity index (χ1v) is 13.8. The summed E-state index contributed by atoms with van der Waals surface area (Å²) in [5.74, 6) is -2.25. The molecule has 1 heterocycles. The standard InChI is InChI=1S/C29H36Cl2FN3O3/c1-28(2,3)15-29(20-13-8-16(30)14-22(20)35-27(29)38)23(19-6-5-7-21(31)24(19)32)25(33-4)26(37)34-17-9-11-18(36)12-10-17/h5-8,13-14,17-18,23,25,33,36H,9-12,15H2,1-4H3,(H,34,37)(H,35,38)/t17-,18-,23-,25?,29-/m0/s1. The molecule has 9 heteroatoms. The molecule has 1 aliphatic heterocycles. The molecular formula is C29H36Cl2FN3O3. The molecule has 0 saturated heterocycles. The summed E-state index contributed by atoms with van der Waals surface area (Å²) in [6, 6.07) is 8.81. The third kappa shape index (κ3) is 5.57. The number of hydrogen-bond acceptors (Lipinski definition) is 4. The first kappa shape index (κ1) is 28.8. The largest absolute Gasteiger partial charge is 0.393 e. The highest BCUT2D eigenvalue weighted by Gasteiger charge is 2.58. The third-order valence-corrected chi connectivity index (χ3v) is 8.27. The van der Waals surface area contributed by atoms with Crippen LogP contribution in [0.15, 0.2) is 36.4 Å². The number of carbonyl (C=O) groups is 2. The molecule has 3 atom stereocenters. The van der Waals surface area contributed by atoms with Crippen LogP contribution in [0.25, 0.3) is 0 Å². The van der Waals surface area contributed by atoms with Gasteiger partial charge >= 0.3 is 0 Å². The van der Waals surface area contributed by atoms with Gasteiger partial charge in [0.05, 0.1) is 22.6 Å². The molecule has 0 spiro atoms. The zero-order valence-corrected chi connectivity index (χ0v) is 23.7. The molecule has 6 nitrogen and oxygen atoms in total. The quantitative estimate of drug-likeness (QED) is 0.355. The molecule has 2 amide bonds.